The minimum Gasteiger partial charge on any atom is -0.369 e. The van der Waals surface area contributed by atoms with Crippen LogP contribution in [0.3, 0.4) is 0 Å². The average molecular weight is 523 g/mol. The van der Waals surface area contributed by atoms with E-state index in [9.17, 15) is 12.8 Å². The SMILES string of the molecule is Cc1nn(C2CCCC2)c(C)c1S(=O)(=O)N[C@H]1CCN(c2cccc3c2cnn3-c2ccc(F)cc2)C1. The molecule has 1 N–H and O–H groups in total. The lowest BCUT2D eigenvalue weighted by atomic mass is 10.2. The summed E-state index contributed by atoms with van der Waals surface area (Å²) in [6, 6.07) is 12.3. The Morgan fingerprint density at radius 2 is 1.78 bits per heavy atom. The van der Waals surface area contributed by atoms with E-state index < -0.39 is 10.0 Å². The van der Waals surface area contributed by atoms with Crippen LogP contribution in [0.2, 0.25) is 0 Å². The minimum absolute atomic E-state index is 0.207. The van der Waals surface area contributed by atoms with Gasteiger partial charge in [-0.2, -0.15) is 10.2 Å². The van der Waals surface area contributed by atoms with Gasteiger partial charge in [0.25, 0.3) is 0 Å². The van der Waals surface area contributed by atoms with E-state index in [1.54, 1.807) is 23.7 Å². The number of rotatable bonds is 6. The van der Waals surface area contributed by atoms with Crippen molar-refractivity contribution in [1.82, 2.24) is 24.3 Å². The number of benzene rings is 2. The van der Waals surface area contributed by atoms with Gasteiger partial charge >= 0.3 is 0 Å². The van der Waals surface area contributed by atoms with Crippen LogP contribution in [0, 0.1) is 19.7 Å². The molecule has 37 heavy (non-hydrogen) atoms. The standard InChI is InChI=1S/C27H31FN6O2S/c1-18-27(19(2)33(30-18)22-6-3-4-7-22)37(35,36)31-21-14-15-32(17-21)25-8-5-9-26-24(25)16-29-34(26)23-12-10-20(28)11-13-23/h5,8-13,16,21-22,31H,3-4,6-7,14-15,17H2,1-2H3/t21-/m0/s1. The van der Waals surface area contributed by atoms with Crippen molar-refractivity contribution in [2.75, 3.05) is 18.0 Å². The summed E-state index contributed by atoms with van der Waals surface area (Å²) in [6.07, 6.45) is 6.95. The van der Waals surface area contributed by atoms with Crippen LogP contribution < -0.4 is 9.62 Å². The van der Waals surface area contributed by atoms with Crippen LogP contribution in [0.25, 0.3) is 16.6 Å². The maximum absolute atomic E-state index is 13.5. The Morgan fingerprint density at radius 1 is 1.03 bits per heavy atom. The molecule has 1 atom stereocenters. The molecule has 194 valence electrons. The van der Waals surface area contributed by atoms with Crippen molar-refractivity contribution in [1.29, 1.82) is 0 Å². The van der Waals surface area contributed by atoms with Crippen molar-refractivity contribution in [2.24, 2.45) is 0 Å². The maximum atomic E-state index is 13.5. The van der Waals surface area contributed by atoms with Crippen LogP contribution in [0.4, 0.5) is 10.1 Å². The number of aryl methyl sites for hydroxylation is 1. The second-order valence-electron chi connectivity index (χ2n) is 10.2. The number of nitrogens with zero attached hydrogens (tertiary/aromatic N) is 5. The van der Waals surface area contributed by atoms with Gasteiger partial charge in [-0.3, -0.25) is 4.68 Å². The number of nitrogens with one attached hydrogen (secondary N) is 1. The summed E-state index contributed by atoms with van der Waals surface area (Å²) >= 11 is 0. The van der Waals surface area contributed by atoms with Gasteiger partial charge in [0.2, 0.25) is 10.0 Å². The molecule has 1 saturated heterocycles. The zero-order valence-electron chi connectivity index (χ0n) is 21.1. The zero-order valence-corrected chi connectivity index (χ0v) is 21.9. The summed E-state index contributed by atoms with van der Waals surface area (Å²) in [5.74, 6) is -0.289. The Labute approximate surface area is 216 Å². The van der Waals surface area contributed by atoms with Crippen molar-refractivity contribution >= 4 is 26.6 Å². The first kappa shape index (κ1) is 24.1. The van der Waals surface area contributed by atoms with E-state index in [0.29, 0.717) is 29.6 Å². The second-order valence-corrected chi connectivity index (χ2v) is 11.8. The first-order chi connectivity index (χ1) is 17.8. The molecule has 2 aromatic carbocycles. The van der Waals surface area contributed by atoms with Crippen molar-refractivity contribution < 1.29 is 12.8 Å². The highest BCUT2D eigenvalue weighted by Crippen LogP contribution is 2.34. The number of anilines is 1. The highest BCUT2D eigenvalue weighted by atomic mass is 32.2. The quantitative estimate of drug-likeness (QED) is 0.399. The number of halogens is 1. The van der Waals surface area contributed by atoms with Crippen molar-refractivity contribution in [3.63, 3.8) is 0 Å². The predicted octanol–water partition coefficient (Wildman–Crippen LogP) is 4.65. The van der Waals surface area contributed by atoms with Gasteiger partial charge in [-0.25, -0.2) is 22.2 Å². The molecular formula is C27H31FN6O2S. The monoisotopic (exact) mass is 522 g/mol. The highest BCUT2D eigenvalue weighted by Gasteiger charge is 2.33. The summed E-state index contributed by atoms with van der Waals surface area (Å²) in [4.78, 5) is 2.52. The normalized spacial score (nSPS) is 18.9. The number of hydrogen-bond acceptors (Lipinski definition) is 5. The molecule has 1 aliphatic heterocycles. The number of fused-ring (bicyclic) bond motifs is 1. The van der Waals surface area contributed by atoms with Gasteiger partial charge in [-0.15, -0.1) is 0 Å². The Kier molecular flexibility index (Phi) is 6.03. The molecule has 1 aliphatic carbocycles. The number of hydrogen-bond donors (Lipinski definition) is 1. The van der Waals surface area contributed by atoms with Gasteiger partial charge in [0.15, 0.2) is 0 Å². The molecule has 0 unspecified atom stereocenters. The van der Waals surface area contributed by atoms with Crippen molar-refractivity contribution in [2.45, 2.75) is 62.9 Å². The fourth-order valence-corrected chi connectivity index (χ4v) is 7.66. The van der Waals surface area contributed by atoms with Gasteiger partial charge in [0.1, 0.15) is 10.7 Å². The summed E-state index contributed by atoms with van der Waals surface area (Å²) < 4.78 is 47.0. The molecule has 1 saturated carbocycles. The third kappa shape index (κ3) is 4.31. The lowest BCUT2D eigenvalue weighted by molar-refractivity contribution is 0.453. The Bertz CT molecular complexity index is 1550. The maximum Gasteiger partial charge on any atom is 0.244 e. The van der Waals surface area contributed by atoms with E-state index in [1.165, 1.54) is 12.1 Å². The topological polar surface area (TPSA) is 85.1 Å². The Morgan fingerprint density at radius 3 is 2.54 bits per heavy atom. The van der Waals surface area contributed by atoms with Gasteiger partial charge in [-0.05, 0) is 69.5 Å². The van der Waals surface area contributed by atoms with E-state index in [0.717, 1.165) is 60.2 Å². The van der Waals surface area contributed by atoms with E-state index in [2.05, 4.69) is 19.8 Å². The van der Waals surface area contributed by atoms with E-state index in [-0.39, 0.29) is 11.9 Å². The van der Waals surface area contributed by atoms with Crippen molar-refractivity contribution in [3.8, 4) is 5.69 Å². The lowest BCUT2D eigenvalue weighted by Gasteiger charge is -2.20. The van der Waals surface area contributed by atoms with E-state index >= 15 is 0 Å². The molecule has 6 rings (SSSR count). The van der Waals surface area contributed by atoms with Crippen LogP contribution >= 0.6 is 0 Å². The highest BCUT2D eigenvalue weighted by molar-refractivity contribution is 7.89. The molecule has 8 nitrogen and oxygen atoms in total. The molecule has 0 radical (unpaired) electrons. The molecule has 2 aliphatic rings. The zero-order chi connectivity index (χ0) is 25.7. The van der Waals surface area contributed by atoms with Crippen LogP contribution in [0.15, 0.2) is 53.6 Å². The van der Waals surface area contributed by atoms with Gasteiger partial charge in [0.05, 0.1) is 34.8 Å². The van der Waals surface area contributed by atoms with Gasteiger partial charge in [-0.1, -0.05) is 18.9 Å². The smallest absolute Gasteiger partial charge is 0.244 e. The molecule has 4 aromatic rings. The second kappa shape index (κ2) is 9.25. The fraction of sp³-hybridized carbons (Fsp3) is 0.407. The Hall–Kier alpha value is -3.24. The first-order valence-corrected chi connectivity index (χ1v) is 14.4. The van der Waals surface area contributed by atoms with Crippen LogP contribution in [-0.4, -0.2) is 47.1 Å². The average Bonchev–Trinajstić information content (AvgIpc) is 3.66. The first-order valence-electron chi connectivity index (χ1n) is 12.9. The third-order valence-corrected chi connectivity index (χ3v) is 9.48. The van der Waals surface area contributed by atoms with Crippen LogP contribution in [0.5, 0.6) is 0 Å². The lowest BCUT2D eigenvalue weighted by Crippen LogP contribution is -2.37. The Balaban J connectivity index is 1.22. The summed E-state index contributed by atoms with van der Waals surface area (Å²) in [5.41, 5.74) is 3.99. The van der Waals surface area contributed by atoms with E-state index in [4.69, 9.17) is 0 Å². The number of sulfonamides is 1. The molecule has 0 spiro atoms. The van der Waals surface area contributed by atoms with E-state index in [1.807, 2.05) is 36.0 Å². The molecule has 0 amide bonds. The van der Waals surface area contributed by atoms with Gasteiger partial charge < -0.3 is 4.90 Å². The largest absolute Gasteiger partial charge is 0.369 e. The van der Waals surface area contributed by atoms with Crippen LogP contribution in [-0.2, 0) is 10.0 Å². The molecule has 0 bridgehead atoms. The van der Waals surface area contributed by atoms with Crippen molar-refractivity contribution in [3.05, 3.63) is 65.9 Å². The fourth-order valence-electron chi connectivity index (χ4n) is 5.99. The molecule has 3 heterocycles. The predicted molar refractivity (Wildman–Crippen MR) is 141 cm³/mol. The van der Waals surface area contributed by atoms with Crippen LogP contribution in [0.1, 0.15) is 49.5 Å². The molecule has 10 heteroatoms. The summed E-state index contributed by atoms with van der Waals surface area (Å²) in [7, 11) is -3.70. The van der Waals surface area contributed by atoms with Gasteiger partial charge in [0, 0.05) is 30.2 Å². The number of aromatic nitrogens is 4. The molecular weight excluding hydrogens is 491 g/mol. The summed E-state index contributed by atoms with van der Waals surface area (Å²) in [5, 5.41) is 10.1. The third-order valence-electron chi connectivity index (χ3n) is 7.71. The molecule has 2 aromatic heterocycles. The summed E-state index contributed by atoms with van der Waals surface area (Å²) in [6.45, 7) is 4.95. The minimum atomic E-state index is -3.70. The molecule has 2 fully saturated rings.